The van der Waals surface area contributed by atoms with Crippen LogP contribution in [0.4, 0.5) is 5.69 Å². The van der Waals surface area contributed by atoms with Crippen molar-refractivity contribution in [3.8, 4) is 0 Å². The number of para-hydroxylation sites is 1. The van der Waals surface area contributed by atoms with Crippen molar-refractivity contribution in [3.63, 3.8) is 0 Å². The van der Waals surface area contributed by atoms with Crippen LogP contribution in [-0.2, 0) is 4.79 Å². The van der Waals surface area contributed by atoms with Crippen molar-refractivity contribution in [3.05, 3.63) is 95.8 Å². The Morgan fingerprint density at radius 2 is 1.64 bits per heavy atom. The summed E-state index contributed by atoms with van der Waals surface area (Å²) in [6.45, 7) is 0.141. The lowest BCUT2D eigenvalue weighted by atomic mass is 10.00. The number of carbonyl (C=O) groups excluding carboxylic acids is 1. The second-order valence-corrected chi connectivity index (χ2v) is 5.95. The smallest absolute Gasteiger partial charge is 0.305 e. The number of nitrogens with one attached hydrogen (secondary N) is 1. The highest BCUT2D eigenvalue weighted by molar-refractivity contribution is 6.18. The standard InChI is InChI=1S/C22H19N3O3/c26-20(27)13-15-24-21(16-8-2-1-3-9-16)17-10-4-5-11-18(17)25-22(28)19-12-6-7-14-23-19/h1-12,14H,13,15H2,(H,25,28)(H,26,27). The Labute approximate surface area is 162 Å². The van der Waals surface area contributed by atoms with Crippen LogP contribution in [0.5, 0.6) is 0 Å². The number of carboxylic acids is 1. The molecule has 0 aliphatic carbocycles. The number of aliphatic carboxylic acids is 1. The maximum absolute atomic E-state index is 12.5. The molecule has 2 N–H and O–H groups in total. The molecule has 0 spiro atoms. The fourth-order valence-electron chi connectivity index (χ4n) is 2.67. The van der Waals surface area contributed by atoms with Gasteiger partial charge in [0, 0.05) is 17.3 Å². The zero-order valence-corrected chi connectivity index (χ0v) is 15.1. The molecule has 0 radical (unpaired) electrons. The van der Waals surface area contributed by atoms with Gasteiger partial charge >= 0.3 is 5.97 Å². The summed E-state index contributed by atoms with van der Waals surface area (Å²) < 4.78 is 0. The molecule has 28 heavy (non-hydrogen) atoms. The van der Waals surface area contributed by atoms with Gasteiger partial charge in [-0.3, -0.25) is 19.6 Å². The van der Waals surface area contributed by atoms with Crippen LogP contribution in [-0.4, -0.2) is 34.2 Å². The summed E-state index contributed by atoms with van der Waals surface area (Å²) in [6.07, 6.45) is 1.49. The van der Waals surface area contributed by atoms with Gasteiger partial charge in [0.2, 0.25) is 0 Å². The lowest BCUT2D eigenvalue weighted by molar-refractivity contribution is -0.136. The van der Waals surface area contributed by atoms with Crippen LogP contribution in [0.3, 0.4) is 0 Å². The quantitative estimate of drug-likeness (QED) is 0.619. The van der Waals surface area contributed by atoms with Gasteiger partial charge in [0.1, 0.15) is 5.69 Å². The first-order chi connectivity index (χ1) is 13.6. The topological polar surface area (TPSA) is 91.6 Å². The first-order valence-corrected chi connectivity index (χ1v) is 8.78. The molecule has 0 bridgehead atoms. The Hall–Kier alpha value is -3.80. The molecule has 3 aromatic rings. The number of anilines is 1. The Kier molecular flexibility index (Phi) is 6.25. The van der Waals surface area contributed by atoms with Gasteiger partial charge in [-0.1, -0.05) is 54.6 Å². The van der Waals surface area contributed by atoms with Crippen LogP contribution in [0, 0.1) is 0 Å². The summed E-state index contributed by atoms with van der Waals surface area (Å²) in [4.78, 5) is 32.0. The number of amides is 1. The van der Waals surface area contributed by atoms with E-state index in [0.717, 1.165) is 5.56 Å². The Morgan fingerprint density at radius 3 is 2.36 bits per heavy atom. The summed E-state index contributed by atoms with van der Waals surface area (Å²) in [6, 6.07) is 21.9. The van der Waals surface area contributed by atoms with E-state index in [4.69, 9.17) is 5.11 Å². The summed E-state index contributed by atoms with van der Waals surface area (Å²) in [5, 5.41) is 11.8. The summed E-state index contributed by atoms with van der Waals surface area (Å²) in [5.74, 6) is -1.24. The number of carbonyl (C=O) groups is 2. The molecule has 0 unspecified atom stereocenters. The van der Waals surface area contributed by atoms with E-state index in [1.807, 2.05) is 48.5 Å². The minimum absolute atomic E-state index is 0.0706. The number of aromatic nitrogens is 1. The molecular weight excluding hydrogens is 354 g/mol. The first-order valence-electron chi connectivity index (χ1n) is 8.78. The van der Waals surface area contributed by atoms with Gasteiger partial charge in [-0.25, -0.2) is 0 Å². The van der Waals surface area contributed by atoms with E-state index >= 15 is 0 Å². The molecule has 0 aliphatic heterocycles. The van der Waals surface area contributed by atoms with E-state index in [0.29, 0.717) is 22.7 Å². The SMILES string of the molecule is O=C(O)CCN=C(c1ccccc1)c1ccccc1NC(=O)c1ccccn1. The van der Waals surface area contributed by atoms with Crippen LogP contribution in [0.25, 0.3) is 0 Å². The molecule has 6 nitrogen and oxygen atoms in total. The van der Waals surface area contributed by atoms with E-state index in [2.05, 4.69) is 15.3 Å². The molecule has 3 rings (SSSR count). The van der Waals surface area contributed by atoms with Crippen molar-refractivity contribution < 1.29 is 14.7 Å². The van der Waals surface area contributed by atoms with Crippen molar-refractivity contribution in [1.29, 1.82) is 0 Å². The predicted octanol–water partition coefficient (Wildman–Crippen LogP) is 3.65. The minimum Gasteiger partial charge on any atom is -0.481 e. The highest BCUT2D eigenvalue weighted by Crippen LogP contribution is 2.21. The highest BCUT2D eigenvalue weighted by atomic mass is 16.4. The third-order valence-corrected chi connectivity index (χ3v) is 3.97. The summed E-state index contributed by atoms with van der Waals surface area (Å²) in [5.41, 5.74) is 3.06. The van der Waals surface area contributed by atoms with Crippen molar-refractivity contribution >= 4 is 23.3 Å². The zero-order valence-electron chi connectivity index (χ0n) is 15.1. The number of pyridine rings is 1. The Balaban J connectivity index is 1.97. The second kappa shape index (κ2) is 9.23. The zero-order chi connectivity index (χ0) is 19.8. The van der Waals surface area contributed by atoms with Gasteiger partial charge in [-0.2, -0.15) is 0 Å². The van der Waals surface area contributed by atoms with E-state index in [1.54, 1.807) is 30.5 Å². The van der Waals surface area contributed by atoms with E-state index < -0.39 is 5.97 Å². The molecule has 2 aromatic carbocycles. The third-order valence-electron chi connectivity index (χ3n) is 3.97. The lowest BCUT2D eigenvalue weighted by Crippen LogP contribution is -2.17. The molecule has 0 fully saturated rings. The number of hydrogen-bond acceptors (Lipinski definition) is 4. The number of hydrogen-bond donors (Lipinski definition) is 2. The molecule has 1 aromatic heterocycles. The van der Waals surface area contributed by atoms with Gasteiger partial charge in [-0.15, -0.1) is 0 Å². The Morgan fingerprint density at radius 1 is 0.929 bits per heavy atom. The van der Waals surface area contributed by atoms with Gasteiger partial charge < -0.3 is 10.4 Å². The Bertz CT molecular complexity index is 986. The monoisotopic (exact) mass is 373 g/mol. The third kappa shape index (κ3) is 4.88. The lowest BCUT2D eigenvalue weighted by Gasteiger charge is -2.14. The number of benzene rings is 2. The molecule has 140 valence electrons. The summed E-state index contributed by atoms with van der Waals surface area (Å²) >= 11 is 0. The van der Waals surface area contributed by atoms with Gasteiger partial charge in [0.15, 0.2) is 0 Å². The fraction of sp³-hybridized carbons (Fsp3) is 0.0909. The van der Waals surface area contributed by atoms with Crippen LogP contribution < -0.4 is 5.32 Å². The molecule has 6 heteroatoms. The largest absolute Gasteiger partial charge is 0.481 e. The van der Waals surface area contributed by atoms with Crippen molar-refractivity contribution in [2.75, 3.05) is 11.9 Å². The highest BCUT2D eigenvalue weighted by Gasteiger charge is 2.15. The van der Waals surface area contributed by atoms with Gasteiger partial charge in [0.25, 0.3) is 5.91 Å². The predicted molar refractivity (Wildman–Crippen MR) is 108 cm³/mol. The van der Waals surface area contributed by atoms with Gasteiger partial charge in [0.05, 0.1) is 24.4 Å². The maximum Gasteiger partial charge on any atom is 0.305 e. The number of rotatable bonds is 7. The molecule has 0 saturated heterocycles. The van der Waals surface area contributed by atoms with Crippen LogP contribution >= 0.6 is 0 Å². The van der Waals surface area contributed by atoms with E-state index in [1.165, 1.54) is 0 Å². The van der Waals surface area contributed by atoms with E-state index in [-0.39, 0.29) is 18.9 Å². The van der Waals surface area contributed by atoms with Crippen LogP contribution in [0.2, 0.25) is 0 Å². The van der Waals surface area contributed by atoms with Crippen molar-refractivity contribution in [1.82, 2.24) is 4.98 Å². The maximum atomic E-state index is 12.5. The number of aliphatic imine (C=N–C) groups is 1. The second-order valence-electron chi connectivity index (χ2n) is 5.95. The first kappa shape index (κ1) is 19.0. The van der Waals surface area contributed by atoms with Crippen LogP contribution in [0.15, 0.2) is 84.0 Å². The van der Waals surface area contributed by atoms with Crippen molar-refractivity contribution in [2.45, 2.75) is 6.42 Å². The van der Waals surface area contributed by atoms with Gasteiger partial charge in [-0.05, 0) is 18.2 Å². The van der Waals surface area contributed by atoms with Crippen LogP contribution in [0.1, 0.15) is 28.0 Å². The molecule has 0 saturated carbocycles. The van der Waals surface area contributed by atoms with Crippen molar-refractivity contribution in [2.24, 2.45) is 4.99 Å². The molecule has 1 amide bonds. The molecule has 0 atom stereocenters. The molecule has 1 heterocycles. The summed E-state index contributed by atoms with van der Waals surface area (Å²) in [7, 11) is 0. The van der Waals surface area contributed by atoms with E-state index in [9.17, 15) is 9.59 Å². The average Bonchev–Trinajstić information content (AvgIpc) is 2.73. The number of carboxylic acid groups (broad SMARTS) is 1. The average molecular weight is 373 g/mol. The molecular formula is C22H19N3O3. The number of nitrogens with zero attached hydrogens (tertiary/aromatic N) is 2. The molecule has 0 aliphatic rings. The minimum atomic E-state index is -0.909. The fourth-order valence-corrected chi connectivity index (χ4v) is 2.67. The normalized spacial score (nSPS) is 11.1.